The van der Waals surface area contributed by atoms with Gasteiger partial charge in [-0.2, -0.15) is 0 Å². The second-order valence-corrected chi connectivity index (χ2v) is 11.1. The molecule has 0 rings (SSSR count). The van der Waals surface area contributed by atoms with Gasteiger partial charge in [-0.05, 0) is 30.6 Å². The van der Waals surface area contributed by atoms with E-state index in [0.29, 0.717) is 37.4 Å². The third kappa shape index (κ3) is 21.2. The molecule has 0 aliphatic rings. The van der Waals surface area contributed by atoms with Crippen molar-refractivity contribution in [3.8, 4) is 0 Å². The molecule has 4 nitrogen and oxygen atoms in total. The van der Waals surface area contributed by atoms with Crippen LogP contribution in [0.1, 0.15) is 138 Å². The molecule has 0 aromatic heterocycles. The molecule has 0 amide bonds. The minimum Gasteiger partial charge on any atom is -0.465 e. The van der Waals surface area contributed by atoms with Gasteiger partial charge < -0.3 is 9.47 Å². The normalized spacial score (nSPS) is 12.5. The highest BCUT2D eigenvalue weighted by Gasteiger charge is 2.23. The maximum absolute atomic E-state index is 12.3. The first-order valence-corrected chi connectivity index (χ1v) is 14.1. The predicted octanol–water partition coefficient (Wildman–Crippen LogP) is 8.51. The van der Waals surface area contributed by atoms with Crippen molar-refractivity contribution in [2.45, 2.75) is 138 Å². The molecule has 0 fully saturated rings. The van der Waals surface area contributed by atoms with Gasteiger partial charge in [0.25, 0.3) is 0 Å². The van der Waals surface area contributed by atoms with E-state index in [1.54, 1.807) is 0 Å². The van der Waals surface area contributed by atoms with E-state index in [1.165, 1.54) is 64.2 Å². The zero-order valence-electron chi connectivity index (χ0n) is 23.0. The molecule has 0 aliphatic carbocycles. The SMILES string of the molecule is CC(C)COC(=O)CCCCCCCCCCCCCCCC(C(=O)OCC(C)C)C(C)C. The second kappa shape index (κ2) is 21.5. The zero-order chi connectivity index (χ0) is 24.9. The average Bonchev–Trinajstić information content (AvgIpc) is 2.75. The van der Waals surface area contributed by atoms with Gasteiger partial charge >= 0.3 is 11.9 Å². The van der Waals surface area contributed by atoms with Crippen LogP contribution in [0.25, 0.3) is 0 Å². The van der Waals surface area contributed by atoms with Gasteiger partial charge in [-0.3, -0.25) is 9.59 Å². The Balaban J connectivity index is 3.47. The lowest BCUT2D eigenvalue weighted by atomic mass is 9.90. The Bertz CT molecular complexity index is 470. The lowest BCUT2D eigenvalue weighted by Gasteiger charge is -2.20. The van der Waals surface area contributed by atoms with E-state index in [1.807, 2.05) is 0 Å². The topological polar surface area (TPSA) is 52.6 Å². The summed E-state index contributed by atoms with van der Waals surface area (Å²) in [6.07, 6.45) is 17.8. The van der Waals surface area contributed by atoms with Crippen LogP contribution >= 0.6 is 0 Å². The average molecular weight is 469 g/mol. The number of hydrogen-bond donors (Lipinski definition) is 0. The van der Waals surface area contributed by atoms with Crippen molar-refractivity contribution in [3.63, 3.8) is 0 Å². The Morgan fingerprint density at radius 2 is 0.939 bits per heavy atom. The molecule has 1 unspecified atom stereocenters. The number of unbranched alkanes of at least 4 members (excludes halogenated alkanes) is 12. The first-order valence-electron chi connectivity index (χ1n) is 14.1. The molecule has 4 heteroatoms. The fourth-order valence-electron chi connectivity index (χ4n) is 3.99. The number of hydrogen-bond acceptors (Lipinski definition) is 4. The van der Waals surface area contributed by atoms with E-state index in [2.05, 4.69) is 41.5 Å². The van der Waals surface area contributed by atoms with Gasteiger partial charge in [-0.25, -0.2) is 0 Å². The molecule has 0 spiro atoms. The molecule has 0 saturated carbocycles. The Hall–Kier alpha value is -1.06. The van der Waals surface area contributed by atoms with Crippen LogP contribution in [0.3, 0.4) is 0 Å². The van der Waals surface area contributed by atoms with Gasteiger partial charge in [0.1, 0.15) is 0 Å². The van der Waals surface area contributed by atoms with Gasteiger partial charge in [0, 0.05) is 6.42 Å². The molecular weight excluding hydrogens is 412 g/mol. The van der Waals surface area contributed by atoms with E-state index in [4.69, 9.17) is 9.47 Å². The smallest absolute Gasteiger partial charge is 0.309 e. The fraction of sp³-hybridized carbons (Fsp3) is 0.931. The molecule has 0 N–H and O–H groups in total. The highest BCUT2D eigenvalue weighted by molar-refractivity contribution is 5.72. The summed E-state index contributed by atoms with van der Waals surface area (Å²) < 4.78 is 10.7. The monoisotopic (exact) mass is 468 g/mol. The summed E-state index contributed by atoms with van der Waals surface area (Å²) in [6, 6.07) is 0. The summed E-state index contributed by atoms with van der Waals surface area (Å²) in [5.41, 5.74) is 0. The number of esters is 2. The molecular formula is C29H56O4. The quantitative estimate of drug-likeness (QED) is 0.118. The summed E-state index contributed by atoms with van der Waals surface area (Å²) >= 11 is 0. The minimum atomic E-state index is -0.0346. The van der Waals surface area contributed by atoms with Gasteiger partial charge in [0.2, 0.25) is 0 Å². The number of carbonyl (C=O) groups is 2. The molecule has 0 heterocycles. The lowest BCUT2D eigenvalue weighted by molar-refractivity contribution is -0.151. The van der Waals surface area contributed by atoms with E-state index >= 15 is 0 Å². The first kappa shape index (κ1) is 31.9. The second-order valence-electron chi connectivity index (χ2n) is 11.1. The molecule has 33 heavy (non-hydrogen) atoms. The van der Waals surface area contributed by atoms with Crippen molar-refractivity contribution in [3.05, 3.63) is 0 Å². The third-order valence-corrected chi connectivity index (χ3v) is 6.14. The number of ether oxygens (including phenoxy) is 2. The third-order valence-electron chi connectivity index (χ3n) is 6.14. The van der Waals surface area contributed by atoms with Crippen molar-refractivity contribution in [2.75, 3.05) is 13.2 Å². The largest absolute Gasteiger partial charge is 0.465 e. The van der Waals surface area contributed by atoms with Crippen LogP contribution in [0, 0.1) is 23.7 Å². The van der Waals surface area contributed by atoms with Crippen molar-refractivity contribution in [1.29, 1.82) is 0 Å². The maximum atomic E-state index is 12.3. The Morgan fingerprint density at radius 3 is 1.36 bits per heavy atom. The Morgan fingerprint density at radius 1 is 0.545 bits per heavy atom. The molecule has 0 aliphatic heterocycles. The zero-order valence-corrected chi connectivity index (χ0v) is 23.0. The van der Waals surface area contributed by atoms with Gasteiger partial charge in [-0.1, -0.05) is 119 Å². The Labute approximate surface area is 206 Å². The molecule has 0 saturated heterocycles. The number of rotatable bonds is 22. The molecule has 0 aromatic carbocycles. The van der Waals surface area contributed by atoms with Crippen molar-refractivity contribution >= 4 is 11.9 Å². The van der Waals surface area contributed by atoms with Crippen LogP contribution in [0.15, 0.2) is 0 Å². The molecule has 1 atom stereocenters. The van der Waals surface area contributed by atoms with Gasteiger partial charge in [-0.15, -0.1) is 0 Å². The predicted molar refractivity (Wildman–Crippen MR) is 139 cm³/mol. The van der Waals surface area contributed by atoms with Crippen molar-refractivity contribution < 1.29 is 19.1 Å². The number of carbonyl (C=O) groups excluding carboxylic acids is 2. The van der Waals surface area contributed by atoms with Crippen molar-refractivity contribution in [1.82, 2.24) is 0 Å². The minimum absolute atomic E-state index is 0.00263. The summed E-state index contributed by atoms with van der Waals surface area (Å²) in [5.74, 6) is 1.20. The van der Waals surface area contributed by atoms with Gasteiger partial charge in [0.15, 0.2) is 0 Å². The van der Waals surface area contributed by atoms with E-state index < -0.39 is 0 Å². The summed E-state index contributed by atoms with van der Waals surface area (Å²) in [5, 5.41) is 0. The lowest BCUT2D eigenvalue weighted by Crippen LogP contribution is -2.24. The molecule has 0 aromatic rings. The van der Waals surface area contributed by atoms with Crippen LogP contribution in [0.5, 0.6) is 0 Å². The van der Waals surface area contributed by atoms with E-state index in [9.17, 15) is 9.59 Å². The van der Waals surface area contributed by atoms with Crippen molar-refractivity contribution in [2.24, 2.45) is 23.7 Å². The molecule has 0 bridgehead atoms. The maximum Gasteiger partial charge on any atom is 0.309 e. The summed E-state index contributed by atoms with van der Waals surface area (Å²) in [6.45, 7) is 13.6. The van der Waals surface area contributed by atoms with Crippen LogP contribution in [-0.4, -0.2) is 25.2 Å². The van der Waals surface area contributed by atoms with Crippen LogP contribution in [-0.2, 0) is 19.1 Å². The highest BCUT2D eigenvalue weighted by atomic mass is 16.5. The summed E-state index contributed by atoms with van der Waals surface area (Å²) in [4.78, 5) is 23.8. The fourth-order valence-corrected chi connectivity index (χ4v) is 3.99. The van der Waals surface area contributed by atoms with Crippen LogP contribution in [0.2, 0.25) is 0 Å². The van der Waals surface area contributed by atoms with E-state index in [0.717, 1.165) is 25.7 Å². The Kier molecular flexibility index (Phi) is 20.8. The van der Waals surface area contributed by atoms with E-state index in [-0.39, 0.29) is 17.9 Å². The summed E-state index contributed by atoms with van der Waals surface area (Å²) in [7, 11) is 0. The standard InChI is InChI=1S/C29H56O4/c1-24(2)22-32-28(30)21-19-17-15-13-11-9-7-8-10-12-14-16-18-20-27(26(5)6)29(31)33-23-25(3)4/h24-27H,7-23H2,1-6H3. The molecule has 196 valence electrons. The van der Waals surface area contributed by atoms with Crippen LogP contribution in [0.4, 0.5) is 0 Å². The van der Waals surface area contributed by atoms with Gasteiger partial charge in [0.05, 0.1) is 19.1 Å². The highest BCUT2D eigenvalue weighted by Crippen LogP contribution is 2.22. The van der Waals surface area contributed by atoms with Crippen LogP contribution < -0.4 is 0 Å². The first-order chi connectivity index (χ1) is 15.7. The molecule has 0 radical (unpaired) electrons.